The third-order valence-corrected chi connectivity index (χ3v) is 8.55. The van der Waals surface area contributed by atoms with Crippen LogP contribution in [-0.2, 0) is 18.4 Å². The van der Waals surface area contributed by atoms with Gasteiger partial charge in [-0.3, -0.25) is 0 Å². The molecule has 1 aromatic rings. The fourth-order valence-electron chi connectivity index (χ4n) is 6.07. The standard InChI is InChI=1S/C37H69N/c1-5-7-9-11-13-15-17-19-21-23-25-27-30-34-31-29-33-36(37(3,4)38)35(34)32-28-26-24-22-20-18-16-14-12-10-8-6-2/h29,31,33H,5-28,30,32,38H2,1-4H3. The van der Waals surface area contributed by atoms with Crippen LogP contribution in [0.15, 0.2) is 18.2 Å². The highest BCUT2D eigenvalue weighted by atomic mass is 14.7. The summed E-state index contributed by atoms with van der Waals surface area (Å²) in [5.41, 5.74) is 10.9. The van der Waals surface area contributed by atoms with Crippen molar-refractivity contribution >= 4 is 0 Å². The second-order valence-electron chi connectivity index (χ2n) is 12.9. The maximum Gasteiger partial charge on any atom is 0.0355 e. The Morgan fingerprint density at radius 3 is 1.18 bits per heavy atom. The van der Waals surface area contributed by atoms with Crippen LogP contribution in [0.3, 0.4) is 0 Å². The quantitative estimate of drug-likeness (QED) is 0.113. The number of hydrogen-bond acceptors (Lipinski definition) is 1. The first-order valence-electron chi connectivity index (χ1n) is 17.4. The molecule has 0 heterocycles. The summed E-state index contributed by atoms with van der Waals surface area (Å²) in [5, 5.41) is 0. The zero-order valence-electron chi connectivity index (χ0n) is 26.7. The maximum absolute atomic E-state index is 6.63. The lowest BCUT2D eigenvalue weighted by Gasteiger charge is -2.25. The van der Waals surface area contributed by atoms with E-state index >= 15 is 0 Å². The van der Waals surface area contributed by atoms with Gasteiger partial charge in [-0.1, -0.05) is 173 Å². The van der Waals surface area contributed by atoms with E-state index in [2.05, 4.69) is 45.9 Å². The van der Waals surface area contributed by atoms with E-state index in [1.165, 1.54) is 173 Å². The zero-order chi connectivity index (χ0) is 27.7. The molecule has 0 amide bonds. The van der Waals surface area contributed by atoms with Gasteiger partial charge < -0.3 is 5.73 Å². The monoisotopic (exact) mass is 528 g/mol. The number of aryl methyl sites for hydroxylation is 1. The highest BCUT2D eigenvalue weighted by Crippen LogP contribution is 2.28. The minimum Gasteiger partial charge on any atom is -0.322 e. The molecule has 0 saturated heterocycles. The number of hydrogen-bond donors (Lipinski definition) is 1. The van der Waals surface area contributed by atoms with Gasteiger partial charge in [0, 0.05) is 5.54 Å². The second kappa shape index (κ2) is 24.0. The van der Waals surface area contributed by atoms with Gasteiger partial charge in [-0.2, -0.15) is 0 Å². The summed E-state index contributed by atoms with van der Waals surface area (Å²) in [4.78, 5) is 0. The lowest BCUT2D eigenvalue weighted by Crippen LogP contribution is -2.30. The molecule has 0 atom stereocenters. The average Bonchev–Trinajstić information content (AvgIpc) is 2.89. The highest BCUT2D eigenvalue weighted by molar-refractivity contribution is 5.39. The normalized spacial score (nSPS) is 11.9. The van der Waals surface area contributed by atoms with Crippen molar-refractivity contribution in [1.82, 2.24) is 0 Å². The van der Waals surface area contributed by atoms with E-state index in [4.69, 9.17) is 5.73 Å². The third kappa shape index (κ3) is 18.5. The molecule has 0 saturated carbocycles. The smallest absolute Gasteiger partial charge is 0.0355 e. The summed E-state index contributed by atoms with van der Waals surface area (Å²) < 4.78 is 0. The van der Waals surface area contributed by atoms with Gasteiger partial charge >= 0.3 is 0 Å². The molecule has 0 aliphatic rings. The van der Waals surface area contributed by atoms with Crippen molar-refractivity contribution in [3.8, 4) is 0 Å². The van der Waals surface area contributed by atoms with Crippen LogP contribution >= 0.6 is 0 Å². The molecule has 1 rings (SSSR count). The summed E-state index contributed by atoms with van der Waals surface area (Å²) in [7, 11) is 0. The fourth-order valence-corrected chi connectivity index (χ4v) is 6.07. The minimum absolute atomic E-state index is 0.251. The number of benzene rings is 1. The largest absolute Gasteiger partial charge is 0.322 e. The number of unbranched alkanes of at least 4 members (excludes halogenated alkanes) is 22. The Kier molecular flexibility index (Phi) is 22.3. The fraction of sp³-hybridized carbons (Fsp3) is 0.838. The Morgan fingerprint density at radius 2 is 0.816 bits per heavy atom. The van der Waals surface area contributed by atoms with Gasteiger partial charge in [0.2, 0.25) is 0 Å². The van der Waals surface area contributed by atoms with Crippen molar-refractivity contribution in [2.75, 3.05) is 0 Å². The third-order valence-electron chi connectivity index (χ3n) is 8.55. The van der Waals surface area contributed by atoms with Crippen molar-refractivity contribution < 1.29 is 0 Å². The predicted molar refractivity (Wildman–Crippen MR) is 173 cm³/mol. The van der Waals surface area contributed by atoms with E-state index in [0.717, 1.165) is 0 Å². The summed E-state index contributed by atoms with van der Waals surface area (Å²) in [5.74, 6) is 0. The summed E-state index contributed by atoms with van der Waals surface area (Å²) in [6.07, 6.45) is 36.4. The van der Waals surface area contributed by atoms with Crippen molar-refractivity contribution in [3.63, 3.8) is 0 Å². The van der Waals surface area contributed by atoms with Crippen LogP contribution in [0.5, 0.6) is 0 Å². The molecule has 0 radical (unpaired) electrons. The SMILES string of the molecule is CCCCCCCCCCCCCCc1cccc(C(C)(C)N)c1CCCCCCCCCCCCCC. The van der Waals surface area contributed by atoms with Crippen LogP contribution in [0.2, 0.25) is 0 Å². The molecule has 38 heavy (non-hydrogen) atoms. The molecule has 0 spiro atoms. The van der Waals surface area contributed by atoms with Gasteiger partial charge in [0.1, 0.15) is 0 Å². The van der Waals surface area contributed by atoms with E-state index in [1.807, 2.05) is 0 Å². The average molecular weight is 528 g/mol. The van der Waals surface area contributed by atoms with Crippen LogP contribution in [0.25, 0.3) is 0 Å². The van der Waals surface area contributed by atoms with E-state index < -0.39 is 0 Å². The molecule has 0 unspecified atom stereocenters. The van der Waals surface area contributed by atoms with Crippen LogP contribution in [0.4, 0.5) is 0 Å². The molecule has 0 aliphatic carbocycles. The van der Waals surface area contributed by atoms with E-state index in [9.17, 15) is 0 Å². The second-order valence-corrected chi connectivity index (χ2v) is 12.9. The molecule has 1 aromatic carbocycles. The van der Waals surface area contributed by atoms with Crippen molar-refractivity contribution in [1.29, 1.82) is 0 Å². The van der Waals surface area contributed by atoms with E-state index in [0.29, 0.717) is 0 Å². The first-order chi connectivity index (χ1) is 18.5. The number of nitrogens with two attached hydrogens (primary N) is 1. The number of rotatable bonds is 27. The molecule has 1 heteroatoms. The molecular weight excluding hydrogens is 458 g/mol. The molecule has 0 fully saturated rings. The Bertz CT molecular complexity index is 641. The summed E-state index contributed by atoms with van der Waals surface area (Å²) in [6, 6.07) is 6.94. The molecule has 222 valence electrons. The lowest BCUT2D eigenvalue weighted by molar-refractivity contribution is 0.531. The zero-order valence-corrected chi connectivity index (χ0v) is 26.7. The molecule has 0 aliphatic heterocycles. The van der Waals surface area contributed by atoms with Crippen LogP contribution in [0.1, 0.15) is 198 Å². The van der Waals surface area contributed by atoms with Gasteiger partial charge in [-0.05, 0) is 56.2 Å². The maximum atomic E-state index is 6.63. The van der Waals surface area contributed by atoms with Crippen LogP contribution < -0.4 is 5.73 Å². The first kappa shape index (κ1) is 35.2. The van der Waals surface area contributed by atoms with Gasteiger partial charge in [-0.15, -0.1) is 0 Å². The molecule has 2 N–H and O–H groups in total. The van der Waals surface area contributed by atoms with Gasteiger partial charge in [0.25, 0.3) is 0 Å². The van der Waals surface area contributed by atoms with Crippen LogP contribution in [-0.4, -0.2) is 0 Å². The summed E-state index contributed by atoms with van der Waals surface area (Å²) >= 11 is 0. The van der Waals surface area contributed by atoms with E-state index in [-0.39, 0.29) is 5.54 Å². The first-order valence-corrected chi connectivity index (χ1v) is 17.4. The van der Waals surface area contributed by atoms with Gasteiger partial charge in [0.05, 0.1) is 0 Å². The van der Waals surface area contributed by atoms with Gasteiger partial charge in [0.15, 0.2) is 0 Å². The van der Waals surface area contributed by atoms with Crippen molar-refractivity contribution in [2.24, 2.45) is 5.73 Å². The molecule has 0 aromatic heterocycles. The summed E-state index contributed by atoms with van der Waals surface area (Å²) in [6.45, 7) is 8.97. The minimum atomic E-state index is -0.251. The Labute approximate surface area is 240 Å². The molecular formula is C37H69N. The Balaban J connectivity index is 2.27. The van der Waals surface area contributed by atoms with E-state index in [1.54, 1.807) is 11.1 Å². The lowest BCUT2D eigenvalue weighted by atomic mass is 9.84. The Morgan fingerprint density at radius 1 is 0.474 bits per heavy atom. The Hall–Kier alpha value is -0.820. The topological polar surface area (TPSA) is 26.0 Å². The molecule has 1 nitrogen and oxygen atoms in total. The van der Waals surface area contributed by atoms with Crippen LogP contribution in [0, 0.1) is 0 Å². The predicted octanol–water partition coefficient (Wildman–Crippen LogP) is 12.4. The van der Waals surface area contributed by atoms with Crippen molar-refractivity contribution in [3.05, 3.63) is 34.9 Å². The molecule has 0 bridgehead atoms. The highest BCUT2D eigenvalue weighted by Gasteiger charge is 2.20. The van der Waals surface area contributed by atoms with Gasteiger partial charge in [-0.25, -0.2) is 0 Å². The van der Waals surface area contributed by atoms with Crippen molar-refractivity contribution in [2.45, 2.75) is 200 Å².